The van der Waals surface area contributed by atoms with Crippen LogP contribution in [0.15, 0.2) is 27.9 Å². The zero-order valence-electron chi connectivity index (χ0n) is 16.0. The third-order valence-electron chi connectivity index (χ3n) is 5.61. The van der Waals surface area contributed by atoms with Crippen molar-refractivity contribution in [3.05, 3.63) is 45.2 Å². The van der Waals surface area contributed by atoms with Crippen molar-refractivity contribution in [3.8, 4) is 11.3 Å². The Hall–Kier alpha value is -2.03. The van der Waals surface area contributed by atoms with E-state index < -0.39 is 10.0 Å². The van der Waals surface area contributed by atoms with Crippen molar-refractivity contribution in [2.45, 2.75) is 43.9 Å². The molecule has 0 radical (unpaired) electrons. The van der Waals surface area contributed by atoms with Gasteiger partial charge in [-0.2, -0.15) is 9.40 Å². The highest BCUT2D eigenvalue weighted by Crippen LogP contribution is 2.31. The number of rotatable bonds is 4. The van der Waals surface area contributed by atoms with E-state index in [1.165, 1.54) is 4.31 Å². The van der Waals surface area contributed by atoms with E-state index in [-0.39, 0.29) is 5.56 Å². The van der Waals surface area contributed by atoms with Crippen LogP contribution in [-0.2, 0) is 34.0 Å². The lowest BCUT2D eigenvalue weighted by Crippen LogP contribution is -2.40. The number of morpholine rings is 1. The van der Waals surface area contributed by atoms with E-state index in [1.807, 2.05) is 19.1 Å². The standard InChI is InChI=1S/C20H25N3O4S/c1-2-14-7-8-15(13-18(14)28(25,26)23-9-11-27-12-10-23)19-16-5-3-4-6-17(16)20(24)22-21-19/h7-8,13H,2-6,9-12H2,1H3,(H,22,24). The van der Waals surface area contributed by atoms with Crippen LogP contribution in [0.4, 0.5) is 0 Å². The minimum atomic E-state index is -3.61. The van der Waals surface area contributed by atoms with Gasteiger partial charge in [-0.1, -0.05) is 19.1 Å². The Bertz CT molecular complexity index is 1040. The molecule has 1 N–H and O–H groups in total. The molecule has 0 saturated carbocycles. The molecule has 150 valence electrons. The fraction of sp³-hybridized carbons (Fsp3) is 0.500. The maximum Gasteiger partial charge on any atom is 0.267 e. The molecule has 4 rings (SSSR count). The van der Waals surface area contributed by atoms with Crippen LogP contribution in [0.1, 0.15) is 36.5 Å². The molecular weight excluding hydrogens is 378 g/mol. The largest absolute Gasteiger partial charge is 0.379 e. The Morgan fingerprint density at radius 1 is 1.14 bits per heavy atom. The third kappa shape index (κ3) is 3.40. The summed E-state index contributed by atoms with van der Waals surface area (Å²) in [6.07, 6.45) is 4.16. The van der Waals surface area contributed by atoms with E-state index in [1.54, 1.807) is 6.07 Å². The molecule has 0 amide bonds. The number of hydrogen-bond donors (Lipinski definition) is 1. The number of fused-ring (bicyclic) bond motifs is 1. The van der Waals surface area contributed by atoms with E-state index in [0.29, 0.717) is 43.3 Å². The van der Waals surface area contributed by atoms with Gasteiger partial charge in [0, 0.05) is 24.2 Å². The van der Waals surface area contributed by atoms with Gasteiger partial charge in [0.1, 0.15) is 0 Å². The molecule has 1 fully saturated rings. The zero-order valence-corrected chi connectivity index (χ0v) is 16.8. The SMILES string of the molecule is CCc1ccc(-c2n[nH]c(=O)c3c2CCCC3)cc1S(=O)(=O)N1CCOCC1. The number of sulfonamides is 1. The van der Waals surface area contributed by atoms with E-state index in [0.717, 1.165) is 47.9 Å². The van der Waals surface area contributed by atoms with Crippen LogP contribution in [-0.4, -0.2) is 49.2 Å². The second kappa shape index (κ2) is 7.77. The Labute approximate surface area is 164 Å². The van der Waals surface area contributed by atoms with Gasteiger partial charge in [0.25, 0.3) is 5.56 Å². The molecule has 0 bridgehead atoms. The first-order valence-corrected chi connectivity index (χ1v) is 11.3. The van der Waals surface area contributed by atoms with Gasteiger partial charge in [-0.25, -0.2) is 13.5 Å². The lowest BCUT2D eigenvalue weighted by atomic mass is 9.89. The normalized spacial score (nSPS) is 18.0. The molecule has 0 atom stereocenters. The first kappa shape index (κ1) is 19.3. The maximum absolute atomic E-state index is 13.3. The summed E-state index contributed by atoms with van der Waals surface area (Å²) in [6.45, 7) is 3.50. The highest BCUT2D eigenvalue weighted by molar-refractivity contribution is 7.89. The Balaban J connectivity index is 1.83. The Morgan fingerprint density at radius 2 is 1.86 bits per heavy atom. The van der Waals surface area contributed by atoms with Crippen LogP contribution in [0.3, 0.4) is 0 Å². The van der Waals surface area contributed by atoms with Crippen LogP contribution >= 0.6 is 0 Å². The van der Waals surface area contributed by atoms with Crippen LogP contribution in [0, 0.1) is 0 Å². The van der Waals surface area contributed by atoms with Crippen LogP contribution in [0.5, 0.6) is 0 Å². The van der Waals surface area contributed by atoms with Gasteiger partial charge in [0.2, 0.25) is 10.0 Å². The zero-order chi connectivity index (χ0) is 19.7. The van der Waals surface area contributed by atoms with Gasteiger partial charge in [-0.15, -0.1) is 0 Å². The maximum atomic E-state index is 13.3. The summed E-state index contributed by atoms with van der Waals surface area (Å²) >= 11 is 0. The van der Waals surface area contributed by atoms with Gasteiger partial charge >= 0.3 is 0 Å². The van der Waals surface area contributed by atoms with Crippen molar-refractivity contribution < 1.29 is 13.2 Å². The quantitative estimate of drug-likeness (QED) is 0.842. The third-order valence-corrected chi connectivity index (χ3v) is 7.59. The molecule has 1 aliphatic heterocycles. The van der Waals surface area contributed by atoms with E-state index in [9.17, 15) is 13.2 Å². The molecule has 1 aromatic carbocycles. The van der Waals surface area contributed by atoms with E-state index in [4.69, 9.17) is 4.74 Å². The highest BCUT2D eigenvalue weighted by atomic mass is 32.2. The van der Waals surface area contributed by atoms with Gasteiger partial charge in [0.05, 0.1) is 23.8 Å². The minimum absolute atomic E-state index is 0.134. The molecule has 1 aromatic heterocycles. The molecule has 8 heteroatoms. The topological polar surface area (TPSA) is 92.4 Å². The van der Waals surface area contributed by atoms with Gasteiger partial charge in [0.15, 0.2) is 0 Å². The lowest BCUT2D eigenvalue weighted by molar-refractivity contribution is 0.0730. The summed E-state index contributed by atoms with van der Waals surface area (Å²) in [4.78, 5) is 12.5. The average molecular weight is 404 g/mol. The van der Waals surface area contributed by atoms with Gasteiger partial charge in [-0.3, -0.25) is 4.79 Å². The first-order valence-electron chi connectivity index (χ1n) is 9.84. The van der Waals surface area contributed by atoms with Crippen LogP contribution in [0.2, 0.25) is 0 Å². The lowest BCUT2D eigenvalue weighted by Gasteiger charge is -2.27. The predicted octanol–water partition coefficient (Wildman–Crippen LogP) is 1.90. The molecule has 0 spiro atoms. The van der Waals surface area contributed by atoms with Crippen LogP contribution in [0.25, 0.3) is 11.3 Å². The number of hydrogen-bond acceptors (Lipinski definition) is 5. The first-order chi connectivity index (χ1) is 13.5. The molecule has 2 aliphatic rings. The van der Waals surface area contributed by atoms with Crippen molar-refractivity contribution in [1.82, 2.24) is 14.5 Å². The molecule has 0 unspecified atom stereocenters. The van der Waals surface area contributed by atoms with Gasteiger partial charge in [-0.05, 0) is 49.3 Å². The summed E-state index contributed by atoms with van der Waals surface area (Å²) in [5, 5.41) is 6.88. The number of aromatic nitrogens is 2. The summed E-state index contributed by atoms with van der Waals surface area (Å²) < 4.78 is 33.4. The fourth-order valence-corrected chi connectivity index (χ4v) is 5.79. The molecule has 1 aliphatic carbocycles. The Morgan fingerprint density at radius 3 is 2.57 bits per heavy atom. The summed E-state index contributed by atoms with van der Waals surface area (Å²) in [5.41, 5.74) is 3.81. The van der Waals surface area contributed by atoms with E-state index >= 15 is 0 Å². The number of benzene rings is 1. The van der Waals surface area contributed by atoms with Crippen molar-refractivity contribution in [3.63, 3.8) is 0 Å². The van der Waals surface area contributed by atoms with Crippen molar-refractivity contribution >= 4 is 10.0 Å². The molecule has 2 heterocycles. The summed E-state index contributed by atoms with van der Waals surface area (Å²) in [6, 6.07) is 5.50. The Kier molecular flexibility index (Phi) is 5.35. The fourth-order valence-electron chi connectivity index (χ4n) is 4.06. The molecule has 7 nitrogen and oxygen atoms in total. The second-order valence-corrected chi connectivity index (χ2v) is 9.16. The van der Waals surface area contributed by atoms with Gasteiger partial charge < -0.3 is 4.74 Å². The second-order valence-electron chi connectivity index (χ2n) is 7.26. The number of ether oxygens (including phenoxy) is 1. The van der Waals surface area contributed by atoms with E-state index in [2.05, 4.69) is 10.2 Å². The minimum Gasteiger partial charge on any atom is -0.379 e. The average Bonchev–Trinajstić information content (AvgIpc) is 2.74. The van der Waals surface area contributed by atoms with Crippen LogP contribution < -0.4 is 5.56 Å². The number of aryl methyl sites for hydroxylation is 1. The van der Waals surface area contributed by atoms with Crippen molar-refractivity contribution in [1.29, 1.82) is 0 Å². The van der Waals surface area contributed by atoms with Crippen molar-refractivity contribution in [2.75, 3.05) is 26.3 Å². The number of aromatic amines is 1. The summed E-state index contributed by atoms with van der Waals surface area (Å²) in [7, 11) is -3.61. The number of H-pyrrole nitrogens is 1. The monoisotopic (exact) mass is 403 g/mol. The number of nitrogens with one attached hydrogen (secondary N) is 1. The molecule has 1 saturated heterocycles. The molecular formula is C20H25N3O4S. The summed E-state index contributed by atoms with van der Waals surface area (Å²) in [5.74, 6) is 0. The molecule has 28 heavy (non-hydrogen) atoms. The van der Waals surface area contributed by atoms with Crippen molar-refractivity contribution in [2.24, 2.45) is 0 Å². The number of nitrogens with zero attached hydrogens (tertiary/aromatic N) is 2. The smallest absolute Gasteiger partial charge is 0.267 e. The predicted molar refractivity (Wildman–Crippen MR) is 106 cm³/mol. The highest BCUT2D eigenvalue weighted by Gasteiger charge is 2.29. The molecule has 2 aromatic rings.